The number of amides is 1. The predicted octanol–water partition coefficient (Wildman–Crippen LogP) is 6.13. The van der Waals surface area contributed by atoms with Crippen molar-refractivity contribution in [2.45, 2.75) is 70.2 Å². The molecule has 9 heteroatoms. The van der Waals surface area contributed by atoms with Crippen LogP contribution in [0.5, 0.6) is 0 Å². The summed E-state index contributed by atoms with van der Waals surface area (Å²) in [5.74, 6) is -1.81. The Kier molecular flexibility index (Phi) is 8.79. The molecule has 196 valence electrons. The highest BCUT2D eigenvalue weighted by Crippen LogP contribution is 2.52. The molecular weight excluding hydrogens is 521 g/mol. The number of carbonyl (C=O) groups excluding carboxylic acids is 1. The second-order valence-corrected chi connectivity index (χ2v) is 13.4. The molecular formula is C27H33Cl2NO5S. The van der Waals surface area contributed by atoms with Gasteiger partial charge in [-0.25, -0.2) is 8.42 Å². The topological polar surface area (TPSA) is 91.8 Å². The number of nitrogens with zero attached hydrogens (tertiary/aromatic N) is 1. The van der Waals surface area contributed by atoms with E-state index in [1.807, 2.05) is 37.3 Å². The zero-order chi connectivity index (χ0) is 26.8. The average Bonchev–Trinajstić information content (AvgIpc) is 2.82. The van der Waals surface area contributed by atoms with Gasteiger partial charge < -0.3 is 10.0 Å². The van der Waals surface area contributed by atoms with Gasteiger partial charge in [0, 0.05) is 27.8 Å². The number of benzene rings is 2. The third-order valence-corrected chi connectivity index (χ3v) is 10.2. The molecule has 0 spiro atoms. The molecule has 6 nitrogen and oxygen atoms in total. The van der Waals surface area contributed by atoms with Crippen LogP contribution in [0.1, 0.15) is 70.0 Å². The zero-order valence-electron chi connectivity index (χ0n) is 20.9. The molecule has 1 aliphatic heterocycles. The molecule has 1 aliphatic rings. The average molecular weight is 555 g/mol. The van der Waals surface area contributed by atoms with Crippen molar-refractivity contribution in [2.75, 3.05) is 5.75 Å². The van der Waals surface area contributed by atoms with Crippen LogP contribution < -0.4 is 0 Å². The van der Waals surface area contributed by atoms with Crippen LogP contribution in [-0.2, 0) is 19.4 Å². The standard InChI is InChI=1S/C27H33Cl2NO5S/c1-5-23(17(3)36(34,35)6-2)30-25(18-10-12-20(28)13-11-18)22(19-8-7-9-21(29)14-19)15-27(4,26(30)33)16-24(31)32/h7-14,17,22-23,25H,5-6,15-16H2,1-4H3,(H,31,32)/t17-,22+,23-,25+,27-/m0/s1. The Morgan fingerprint density at radius 3 is 2.28 bits per heavy atom. The number of likely N-dealkylation sites (tertiary alicyclic amines) is 1. The first kappa shape index (κ1) is 28.5. The second-order valence-electron chi connectivity index (χ2n) is 9.84. The number of hydrogen-bond donors (Lipinski definition) is 1. The van der Waals surface area contributed by atoms with Gasteiger partial charge in [-0.2, -0.15) is 0 Å². The highest BCUT2D eigenvalue weighted by atomic mass is 35.5. The third-order valence-electron chi connectivity index (χ3n) is 7.42. The molecule has 2 aromatic carbocycles. The van der Waals surface area contributed by atoms with Crippen molar-refractivity contribution in [3.8, 4) is 0 Å². The summed E-state index contributed by atoms with van der Waals surface area (Å²) in [4.78, 5) is 27.8. The summed E-state index contributed by atoms with van der Waals surface area (Å²) in [5, 5.41) is 9.95. The smallest absolute Gasteiger partial charge is 0.304 e. The molecule has 5 atom stereocenters. The largest absolute Gasteiger partial charge is 0.481 e. The first-order valence-corrected chi connectivity index (χ1v) is 14.6. The highest BCUT2D eigenvalue weighted by Gasteiger charge is 2.53. The van der Waals surface area contributed by atoms with Crippen LogP contribution in [-0.4, -0.2) is 47.3 Å². The van der Waals surface area contributed by atoms with Gasteiger partial charge in [0.2, 0.25) is 5.91 Å². The molecule has 2 aromatic rings. The van der Waals surface area contributed by atoms with Gasteiger partial charge in [-0.3, -0.25) is 9.59 Å². The van der Waals surface area contributed by atoms with Gasteiger partial charge in [-0.15, -0.1) is 0 Å². The number of halogens is 2. The molecule has 1 fully saturated rings. The van der Waals surface area contributed by atoms with Gasteiger partial charge in [0.05, 0.1) is 23.1 Å². The maximum atomic E-state index is 14.2. The van der Waals surface area contributed by atoms with Crippen molar-refractivity contribution in [2.24, 2.45) is 5.41 Å². The van der Waals surface area contributed by atoms with Crippen molar-refractivity contribution >= 4 is 44.9 Å². The Labute approximate surface area is 223 Å². The van der Waals surface area contributed by atoms with Gasteiger partial charge in [-0.05, 0) is 55.2 Å². The van der Waals surface area contributed by atoms with Crippen LogP contribution in [0.15, 0.2) is 48.5 Å². The summed E-state index contributed by atoms with van der Waals surface area (Å²) in [5.41, 5.74) is 0.428. The lowest BCUT2D eigenvalue weighted by molar-refractivity contribution is -0.160. The third kappa shape index (κ3) is 5.74. The zero-order valence-corrected chi connectivity index (χ0v) is 23.3. The highest BCUT2D eigenvalue weighted by molar-refractivity contribution is 7.92. The first-order chi connectivity index (χ1) is 16.8. The molecule has 0 aromatic heterocycles. The molecule has 36 heavy (non-hydrogen) atoms. The molecule has 1 heterocycles. The van der Waals surface area contributed by atoms with E-state index in [9.17, 15) is 23.1 Å². The molecule has 1 N–H and O–H groups in total. The fourth-order valence-electron chi connectivity index (χ4n) is 5.50. The van der Waals surface area contributed by atoms with Crippen molar-refractivity contribution in [1.82, 2.24) is 4.90 Å². The maximum absolute atomic E-state index is 14.2. The van der Waals surface area contributed by atoms with Gasteiger partial charge in [0.15, 0.2) is 9.84 Å². The minimum Gasteiger partial charge on any atom is -0.481 e. The fourth-order valence-corrected chi connectivity index (χ4v) is 7.15. The molecule has 0 radical (unpaired) electrons. The number of carboxylic acids is 1. The number of carbonyl (C=O) groups is 2. The van der Waals surface area contributed by atoms with Crippen LogP contribution in [0.2, 0.25) is 10.0 Å². The van der Waals surface area contributed by atoms with Crippen LogP contribution in [0.25, 0.3) is 0 Å². The van der Waals surface area contributed by atoms with Gasteiger partial charge >= 0.3 is 5.97 Å². The van der Waals surface area contributed by atoms with Crippen LogP contribution in [0.4, 0.5) is 0 Å². The Bertz CT molecular complexity index is 1220. The van der Waals surface area contributed by atoms with Crippen LogP contribution in [0, 0.1) is 5.41 Å². The summed E-state index contributed by atoms with van der Waals surface area (Å²) in [7, 11) is -3.50. The maximum Gasteiger partial charge on any atom is 0.304 e. The van der Waals surface area contributed by atoms with E-state index in [4.69, 9.17) is 23.2 Å². The lowest BCUT2D eigenvalue weighted by atomic mass is 9.67. The molecule has 0 saturated carbocycles. The molecule has 1 amide bonds. The fraction of sp³-hybridized carbons (Fsp3) is 0.481. The van der Waals surface area contributed by atoms with Crippen molar-refractivity contribution in [3.05, 3.63) is 69.7 Å². The Balaban J connectivity index is 2.30. The first-order valence-electron chi connectivity index (χ1n) is 12.1. The quantitative estimate of drug-likeness (QED) is 0.403. The number of piperidine rings is 1. The lowest BCUT2D eigenvalue weighted by Gasteiger charge is -2.52. The van der Waals surface area contributed by atoms with Gasteiger partial charge in [0.1, 0.15) is 0 Å². The minimum atomic E-state index is -3.50. The van der Waals surface area contributed by atoms with E-state index in [1.54, 1.807) is 43.9 Å². The predicted molar refractivity (Wildman–Crippen MR) is 143 cm³/mol. The van der Waals surface area contributed by atoms with Crippen molar-refractivity contribution in [1.29, 1.82) is 0 Å². The number of rotatable bonds is 9. The summed E-state index contributed by atoms with van der Waals surface area (Å²) >= 11 is 12.5. The molecule has 3 rings (SSSR count). The Morgan fingerprint density at radius 2 is 1.75 bits per heavy atom. The SMILES string of the molecule is CC[C@@H]([C@H](C)S(=O)(=O)CC)N1C(=O)[C@](C)(CC(=O)O)C[C@H](c2cccc(Cl)c2)[C@H]1c1ccc(Cl)cc1. The summed E-state index contributed by atoms with van der Waals surface area (Å²) < 4.78 is 26.0. The van der Waals surface area contributed by atoms with E-state index in [1.165, 1.54) is 0 Å². The molecule has 0 aliphatic carbocycles. The van der Waals surface area contributed by atoms with Crippen molar-refractivity contribution in [3.63, 3.8) is 0 Å². The van der Waals surface area contributed by atoms with E-state index in [0.29, 0.717) is 16.5 Å². The summed E-state index contributed by atoms with van der Waals surface area (Å²) in [6, 6.07) is 13.3. The molecule has 1 saturated heterocycles. The van der Waals surface area contributed by atoms with Crippen LogP contribution >= 0.6 is 23.2 Å². The Hall–Kier alpha value is -2.09. The van der Waals surface area contributed by atoms with E-state index < -0.39 is 38.6 Å². The molecule has 0 unspecified atom stereocenters. The number of aliphatic carboxylic acids is 1. The van der Waals surface area contributed by atoms with Gasteiger partial charge in [-0.1, -0.05) is 68.2 Å². The van der Waals surface area contributed by atoms with E-state index in [-0.39, 0.29) is 30.4 Å². The lowest BCUT2D eigenvalue weighted by Crippen LogP contribution is -2.59. The monoisotopic (exact) mass is 553 g/mol. The molecule has 0 bridgehead atoms. The van der Waals surface area contributed by atoms with Crippen molar-refractivity contribution < 1.29 is 23.1 Å². The number of carboxylic acid groups (broad SMARTS) is 1. The van der Waals surface area contributed by atoms with E-state index >= 15 is 0 Å². The van der Waals surface area contributed by atoms with E-state index in [2.05, 4.69) is 0 Å². The second kappa shape index (κ2) is 11.1. The number of sulfone groups is 1. The Morgan fingerprint density at radius 1 is 1.11 bits per heavy atom. The van der Waals surface area contributed by atoms with Crippen LogP contribution in [0.3, 0.4) is 0 Å². The van der Waals surface area contributed by atoms with Gasteiger partial charge in [0.25, 0.3) is 0 Å². The summed E-state index contributed by atoms with van der Waals surface area (Å²) in [6.07, 6.45) is 0.299. The normalized spacial score (nSPS) is 24.4. The number of hydrogen-bond acceptors (Lipinski definition) is 4. The van der Waals surface area contributed by atoms with E-state index in [0.717, 1.165) is 11.1 Å². The minimum absolute atomic E-state index is 0.0532. The summed E-state index contributed by atoms with van der Waals surface area (Å²) in [6.45, 7) is 6.75.